The van der Waals surface area contributed by atoms with Gasteiger partial charge in [0.05, 0.1) is 29.7 Å². The van der Waals surface area contributed by atoms with Crippen LogP contribution < -0.4 is 24.2 Å². The predicted octanol–water partition coefficient (Wildman–Crippen LogP) is 5.53. The van der Waals surface area contributed by atoms with Crippen molar-refractivity contribution in [1.29, 1.82) is 0 Å². The Labute approximate surface area is 296 Å². The number of aliphatic hydroxyl groups is 1. The normalized spacial score (nSPS) is 24.0. The maximum atomic E-state index is 15.0. The van der Waals surface area contributed by atoms with Crippen molar-refractivity contribution < 1.29 is 38.5 Å². The van der Waals surface area contributed by atoms with E-state index in [-0.39, 0.29) is 56.0 Å². The van der Waals surface area contributed by atoms with Crippen LogP contribution >= 0.6 is 0 Å². The lowest BCUT2D eigenvalue weighted by atomic mass is 9.82. The van der Waals surface area contributed by atoms with Crippen LogP contribution in [0.15, 0.2) is 91.0 Å². The van der Waals surface area contributed by atoms with Crippen LogP contribution in [0.5, 0.6) is 11.5 Å². The lowest BCUT2D eigenvalue weighted by molar-refractivity contribution is -0.146. The number of hydrogen-bond acceptors (Lipinski definition) is 8. The second-order valence-corrected chi connectivity index (χ2v) is 18.1. The van der Waals surface area contributed by atoms with E-state index in [1.54, 1.807) is 14.7 Å². The third-order valence-electron chi connectivity index (χ3n) is 10.6. The molecule has 1 fully saturated rings. The lowest BCUT2D eigenvalue weighted by Gasteiger charge is -2.33. The number of ether oxygens (including phenoxy) is 3. The van der Waals surface area contributed by atoms with Crippen LogP contribution in [0.1, 0.15) is 24.5 Å². The molecule has 4 aromatic carbocycles. The van der Waals surface area contributed by atoms with Gasteiger partial charge in [0.2, 0.25) is 0 Å². The highest BCUT2D eigenvalue weighted by Crippen LogP contribution is 2.60. The number of benzene rings is 4. The minimum atomic E-state index is -2.92. The van der Waals surface area contributed by atoms with Crippen LogP contribution in [0, 0.1) is 5.92 Å². The van der Waals surface area contributed by atoms with Crippen LogP contribution in [0.25, 0.3) is 0 Å². The summed E-state index contributed by atoms with van der Waals surface area (Å²) in [4.78, 5) is 57.8. The number of carbonyl (C=O) groups is 3. The fraction of sp³-hybridized carbons (Fsp3) is 0.308. The third-order valence-corrected chi connectivity index (χ3v) is 13.1. The smallest absolute Gasteiger partial charge is 0.269 e. The molecule has 4 atom stereocenters. The Morgan fingerprint density at radius 2 is 1.35 bits per heavy atom. The number of anilines is 5. The van der Waals surface area contributed by atoms with E-state index in [0.717, 1.165) is 5.56 Å². The van der Waals surface area contributed by atoms with Gasteiger partial charge in [-0.2, -0.15) is 0 Å². The molecular formula is C39H39N3O8Si. The highest BCUT2D eigenvalue weighted by molar-refractivity contribution is 6.71. The highest BCUT2D eigenvalue weighted by Gasteiger charge is 2.66. The highest BCUT2D eigenvalue weighted by atomic mass is 28.4. The summed E-state index contributed by atoms with van der Waals surface area (Å²) in [5.41, 5.74) is 2.81. The zero-order valence-electron chi connectivity index (χ0n) is 28.6. The maximum absolute atomic E-state index is 15.0. The van der Waals surface area contributed by atoms with Crippen molar-refractivity contribution in [3.05, 3.63) is 102 Å². The molecule has 11 nitrogen and oxygen atoms in total. The molecule has 51 heavy (non-hydrogen) atoms. The number of carbonyl (C=O) groups excluding carboxylic acids is 3. The summed E-state index contributed by atoms with van der Waals surface area (Å²) in [5, 5.41) is 10.0. The van der Waals surface area contributed by atoms with Crippen LogP contribution in [0.3, 0.4) is 0 Å². The molecule has 8 rings (SSSR count). The molecule has 12 heteroatoms. The summed E-state index contributed by atoms with van der Waals surface area (Å²) in [6.07, 6.45) is -0.271. The molecule has 0 aliphatic carbocycles. The number of hydrogen-bond donors (Lipinski definition) is 2. The van der Waals surface area contributed by atoms with Crippen molar-refractivity contribution in [3.8, 4) is 11.5 Å². The number of nitrogens with zero attached hydrogens (tertiary/aromatic N) is 3. The van der Waals surface area contributed by atoms with Gasteiger partial charge in [-0.15, -0.1) is 0 Å². The van der Waals surface area contributed by atoms with E-state index in [4.69, 9.17) is 14.2 Å². The molecular weight excluding hydrogens is 667 g/mol. The van der Waals surface area contributed by atoms with Gasteiger partial charge in [-0.1, -0.05) is 43.3 Å². The quantitative estimate of drug-likeness (QED) is 0.241. The maximum Gasteiger partial charge on any atom is 0.269 e. The Morgan fingerprint density at radius 1 is 0.784 bits per heavy atom. The number of amides is 3. The van der Waals surface area contributed by atoms with E-state index in [2.05, 4.69) is 0 Å². The first-order valence-electron chi connectivity index (χ1n) is 17.2. The number of fused-ring (bicyclic) bond motifs is 4. The monoisotopic (exact) mass is 705 g/mol. The zero-order chi connectivity index (χ0) is 35.7. The molecule has 0 saturated carbocycles. The summed E-state index contributed by atoms with van der Waals surface area (Å²) in [6.45, 7) is 5.52. The van der Waals surface area contributed by atoms with E-state index >= 15 is 0 Å². The van der Waals surface area contributed by atoms with E-state index in [0.29, 0.717) is 45.5 Å². The topological polar surface area (TPSA) is 129 Å². The van der Waals surface area contributed by atoms with Crippen molar-refractivity contribution in [2.24, 2.45) is 5.92 Å². The van der Waals surface area contributed by atoms with Gasteiger partial charge in [0.15, 0.2) is 27.1 Å². The van der Waals surface area contributed by atoms with Crippen molar-refractivity contribution in [3.63, 3.8) is 0 Å². The molecule has 0 unspecified atom stereocenters. The molecule has 262 valence electrons. The van der Waals surface area contributed by atoms with E-state index in [1.807, 2.05) is 111 Å². The van der Waals surface area contributed by atoms with Gasteiger partial charge < -0.3 is 29.0 Å². The second-order valence-electron chi connectivity index (χ2n) is 14.1. The number of rotatable bonds is 7. The van der Waals surface area contributed by atoms with Crippen LogP contribution in [-0.2, 0) is 31.3 Å². The van der Waals surface area contributed by atoms with Crippen LogP contribution in [-0.4, -0.2) is 61.9 Å². The molecule has 1 spiro atoms. The number of aliphatic hydroxyl groups excluding tert-OH is 1. The van der Waals surface area contributed by atoms with Gasteiger partial charge in [-0.25, -0.2) is 0 Å². The average molecular weight is 706 g/mol. The van der Waals surface area contributed by atoms with E-state index < -0.39 is 25.9 Å². The minimum absolute atomic E-state index is 0.0620. The first-order valence-corrected chi connectivity index (χ1v) is 20.2. The molecule has 0 bridgehead atoms. The van der Waals surface area contributed by atoms with Crippen molar-refractivity contribution in [2.45, 2.75) is 50.2 Å². The van der Waals surface area contributed by atoms with Gasteiger partial charge in [-0.3, -0.25) is 24.2 Å². The Morgan fingerprint density at radius 3 is 1.94 bits per heavy atom. The summed E-state index contributed by atoms with van der Waals surface area (Å²) in [6, 6.07) is 27.8. The predicted molar refractivity (Wildman–Crippen MR) is 193 cm³/mol. The summed E-state index contributed by atoms with van der Waals surface area (Å²) >= 11 is 0. The molecule has 4 aromatic rings. The summed E-state index contributed by atoms with van der Waals surface area (Å²) in [5.74, 6) is 0.0856. The summed E-state index contributed by atoms with van der Waals surface area (Å²) < 4.78 is 18.1. The first-order chi connectivity index (χ1) is 24.5. The average Bonchev–Trinajstić information content (AvgIpc) is 3.54. The van der Waals surface area contributed by atoms with Gasteiger partial charge in [0, 0.05) is 35.0 Å². The Balaban J connectivity index is 1.20. The van der Waals surface area contributed by atoms with Crippen molar-refractivity contribution in [2.75, 3.05) is 34.5 Å². The standard InChI is InChI=1S/C39H39N3O8Si/c1-24-37(51(2,3)47)34(18-19-43)50-39(24)28-20-27(42-31-9-5-7-11-33(31)49-23-36(42)45)16-17-29(28)40(38(39)46)21-25-12-14-26(15-13-25)41-30-8-4-6-10-32(30)48-22-35(41)44/h4-17,20,24,34,37,43,47H,18-19,21-23H2,1-3H3/t24-,34+,37-,39+/m0/s1. The van der Waals surface area contributed by atoms with Gasteiger partial charge >= 0.3 is 0 Å². The largest absolute Gasteiger partial charge is 0.482 e. The Bertz CT molecular complexity index is 2050. The fourth-order valence-corrected chi connectivity index (χ4v) is 11.1. The Hall–Kier alpha value is -5.01. The lowest BCUT2D eigenvalue weighted by Crippen LogP contribution is -2.46. The van der Waals surface area contributed by atoms with E-state index in [9.17, 15) is 24.3 Å². The Kier molecular flexibility index (Phi) is 8.02. The van der Waals surface area contributed by atoms with Gasteiger partial charge in [0.1, 0.15) is 11.5 Å². The number of para-hydroxylation sites is 4. The molecule has 0 radical (unpaired) electrons. The van der Waals surface area contributed by atoms with Gasteiger partial charge in [-0.05, 0) is 79.7 Å². The zero-order valence-corrected chi connectivity index (χ0v) is 29.6. The van der Waals surface area contributed by atoms with Crippen molar-refractivity contribution in [1.82, 2.24) is 0 Å². The van der Waals surface area contributed by atoms with Crippen LogP contribution in [0.4, 0.5) is 28.4 Å². The molecule has 4 aliphatic rings. The SMILES string of the molecule is C[C@H]1[C@H]([Si](C)(C)O)[C@@H](CCO)O[C@]12C(=O)N(Cc1ccc(N3C(=O)COc4ccccc43)cc1)c1ccc(N3C(=O)COc4ccccc43)cc12. The third kappa shape index (κ3) is 5.24. The molecule has 4 heterocycles. The fourth-order valence-electron chi connectivity index (χ4n) is 8.46. The van der Waals surface area contributed by atoms with Crippen LogP contribution in [0.2, 0.25) is 18.6 Å². The van der Waals surface area contributed by atoms with Gasteiger partial charge in [0.25, 0.3) is 17.7 Å². The van der Waals surface area contributed by atoms with E-state index in [1.165, 1.54) is 0 Å². The molecule has 2 N–H and O–H groups in total. The molecule has 1 saturated heterocycles. The summed E-state index contributed by atoms with van der Waals surface area (Å²) in [7, 11) is -2.92. The second kappa shape index (κ2) is 12.3. The van der Waals surface area contributed by atoms with Crippen molar-refractivity contribution >= 4 is 54.5 Å². The molecule has 0 aromatic heterocycles. The molecule has 3 amide bonds. The minimum Gasteiger partial charge on any atom is -0.482 e. The molecule has 4 aliphatic heterocycles. The first kappa shape index (κ1) is 33.1.